The van der Waals surface area contributed by atoms with E-state index in [0.717, 1.165) is 11.1 Å². The van der Waals surface area contributed by atoms with Crippen LogP contribution in [0.25, 0.3) is 6.08 Å². The monoisotopic (exact) mass is 186 g/mol. The molecule has 0 aliphatic heterocycles. The Morgan fingerprint density at radius 2 is 2.36 bits per heavy atom. The maximum Gasteiger partial charge on any atom is 0.330 e. The molecule has 0 aliphatic carbocycles. The van der Waals surface area contributed by atoms with E-state index < -0.39 is 0 Å². The molecule has 0 aliphatic rings. The summed E-state index contributed by atoms with van der Waals surface area (Å²) in [5, 5.41) is 0. The first kappa shape index (κ1) is 10.1. The second-order valence-corrected chi connectivity index (χ2v) is 2.63. The van der Waals surface area contributed by atoms with Crippen LogP contribution < -0.4 is 0 Å². The van der Waals surface area contributed by atoms with Crippen LogP contribution in [0.4, 0.5) is 0 Å². The predicted molar refractivity (Wildman–Crippen MR) is 55.4 cm³/mol. The molecule has 0 aromatic heterocycles. The Morgan fingerprint density at radius 3 is 3.00 bits per heavy atom. The standard InChI is InChI=1S/C12H10O2/c1-3-10-5-4-6-11(9-10)7-8-12(13)14-2/h1,4-9H,2H3. The Labute approximate surface area is 83.2 Å². The topological polar surface area (TPSA) is 26.3 Å². The van der Waals surface area contributed by atoms with Crippen LogP contribution in [0.15, 0.2) is 30.3 Å². The van der Waals surface area contributed by atoms with Crippen molar-refractivity contribution in [2.75, 3.05) is 7.11 Å². The second kappa shape index (κ2) is 4.88. The smallest absolute Gasteiger partial charge is 0.330 e. The van der Waals surface area contributed by atoms with Gasteiger partial charge in [0, 0.05) is 11.6 Å². The summed E-state index contributed by atoms with van der Waals surface area (Å²) in [5.74, 6) is 2.14. The van der Waals surface area contributed by atoms with Crippen molar-refractivity contribution in [2.24, 2.45) is 0 Å². The van der Waals surface area contributed by atoms with Crippen molar-refractivity contribution < 1.29 is 9.53 Å². The minimum absolute atomic E-state index is 0.379. The van der Waals surface area contributed by atoms with E-state index in [-0.39, 0.29) is 5.97 Å². The first-order valence-electron chi connectivity index (χ1n) is 4.09. The van der Waals surface area contributed by atoms with Gasteiger partial charge in [0.15, 0.2) is 0 Å². The Bertz CT molecular complexity index is 397. The zero-order valence-electron chi connectivity index (χ0n) is 7.86. The Morgan fingerprint density at radius 1 is 1.57 bits per heavy atom. The van der Waals surface area contributed by atoms with Gasteiger partial charge >= 0.3 is 5.97 Å². The first-order valence-corrected chi connectivity index (χ1v) is 4.09. The molecule has 0 spiro atoms. The summed E-state index contributed by atoms with van der Waals surface area (Å²) >= 11 is 0. The summed E-state index contributed by atoms with van der Waals surface area (Å²) in [5.41, 5.74) is 1.67. The number of methoxy groups -OCH3 is 1. The van der Waals surface area contributed by atoms with Crippen LogP contribution in [0.2, 0.25) is 0 Å². The molecule has 0 atom stereocenters. The molecule has 0 bridgehead atoms. The van der Waals surface area contributed by atoms with Gasteiger partial charge in [0.25, 0.3) is 0 Å². The van der Waals surface area contributed by atoms with Crippen LogP contribution in [-0.4, -0.2) is 13.1 Å². The van der Waals surface area contributed by atoms with Gasteiger partial charge in [-0.2, -0.15) is 0 Å². The summed E-state index contributed by atoms with van der Waals surface area (Å²) in [4.78, 5) is 10.8. The molecule has 14 heavy (non-hydrogen) atoms. The SMILES string of the molecule is C#Cc1cccc(C=CC(=O)OC)c1. The zero-order chi connectivity index (χ0) is 10.4. The average molecular weight is 186 g/mol. The van der Waals surface area contributed by atoms with Crippen molar-refractivity contribution in [2.45, 2.75) is 0 Å². The third kappa shape index (κ3) is 2.80. The molecule has 0 N–H and O–H groups in total. The molecule has 2 nitrogen and oxygen atoms in total. The van der Waals surface area contributed by atoms with Crippen molar-refractivity contribution in [1.82, 2.24) is 0 Å². The maximum atomic E-state index is 10.8. The maximum absolute atomic E-state index is 10.8. The van der Waals surface area contributed by atoms with E-state index >= 15 is 0 Å². The van der Waals surface area contributed by atoms with Crippen molar-refractivity contribution in [3.63, 3.8) is 0 Å². The molecule has 0 heterocycles. The lowest BCUT2D eigenvalue weighted by Gasteiger charge is -1.94. The van der Waals surface area contributed by atoms with E-state index in [0.29, 0.717) is 0 Å². The highest BCUT2D eigenvalue weighted by Gasteiger charge is 1.92. The molecular weight excluding hydrogens is 176 g/mol. The van der Waals surface area contributed by atoms with Gasteiger partial charge in [-0.3, -0.25) is 0 Å². The Kier molecular flexibility index (Phi) is 3.51. The van der Waals surface area contributed by atoms with E-state index in [1.165, 1.54) is 13.2 Å². The highest BCUT2D eigenvalue weighted by molar-refractivity contribution is 5.86. The molecule has 0 fully saturated rings. The van der Waals surface area contributed by atoms with Crippen molar-refractivity contribution >= 4 is 12.0 Å². The fourth-order valence-corrected chi connectivity index (χ4v) is 0.964. The quantitative estimate of drug-likeness (QED) is 0.400. The molecule has 1 aromatic rings. The largest absolute Gasteiger partial charge is 0.466 e. The summed E-state index contributed by atoms with van der Waals surface area (Å²) in [7, 11) is 1.34. The van der Waals surface area contributed by atoms with Gasteiger partial charge < -0.3 is 4.74 Å². The van der Waals surface area contributed by atoms with E-state index in [4.69, 9.17) is 6.42 Å². The summed E-state index contributed by atoms with van der Waals surface area (Å²) in [6.45, 7) is 0. The van der Waals surface area contributed by atoms with Crippen LogP contribution in [0.3, 0.4) is 0 Å². The van der Waals surface area contributed by atoms with Crippen LogP contribution in [-0.2, 0) is 9.53 Å². The number of rotatable bonds is 2. The number of esters is 1. The van der Waals surface area contributed by atoms with Gasteiger partial charge in [0.05, 0.1) is 7.11 Å². The summed E-state index contributed by atoms with van der Waals surface area (Å²) < 4.78 is 4.46. The van der Waals surface area contributed by atoms with Gasteiger partial charge in [-0.05, 0) is 23.8 Å². The van der Waals surface area contributed by atoms with Gasteiger partial charge in [-0.1, -0.05) is 18.1 Å². The van der Waals surface area contributed by atoms with Gasteiger partial charge in [-0.25, -0.2) is 4.79 Å². The number of hydrogen-bond donors (Lipinski definition) is 0. The number of carbonyl (C=O) groups excluding carboxylic acids is 1. The van der Waals surface area contributed by atoms with Crippen LogP contribution in [0.1, 0.15) is 11.1 Å². The van der Waals surface area contributed by atoms with E-state index in [9.17, 15) is 4.79 Å². The van der Waals surface area contributed by atoms with E-state index in [1.807, 2.05) is 24.3 Å². The van der Waals surface area contributed by atoms with Crippen LogP contribution in [0, 0.1) is 12.3 Å². The van der Waals surface area contributed by atoms with Crippen molar-refractivity contribution in [1.29, 1.82) is 0 Å². The summed E-state index contributed by atoms with van der Waals surface area (Å²) in [6.07, 6.45) is 8.25. The molecule has 0 saturated heterocycles. The fraction of sp³-hybridized carbons (Fsp3) is 0.0833. The lowest BCUT2D eigenvalue weighted by Crippen LogP contribution is -1.93. The number of benzene rings is 1. The molecule has 0 unspecified atom stereocenters. The predicted octanol–water partition coefficient (Wildman–Crippen LogP) is 1.85. The van der Waals surface area contributed by atoms with Crippen molar-refractivity contribution in [3.05, 3.63) is 41.5 Å². The summed E-state index contributed by atoms with van der Waals surface area (Å²) in [6, 6.07) is 7.35. The highest BCUT2D eigenvalue weighted by Crippen LogP contribution is 2.05. The lowest BCUT2D eigenvalue weighted by atomic mass is 10.1. The highest BCUT2D eigenvalue weighted by atomic mass is 16.5. The van der Waals surface area contributed by atoms with E-state index in [2.05, 4.69) is 10.7 Å². The van der Waals surface area contributed by atoms with Gasteiger partial charge in [-0.15, -0.1) is 6.42 Å². The number of ether oxygens (including phenoxy) is 1. The van der Waals surface area contributed by atoms with Crippen molar-refractivity contribution in [3.8, 4) is 12.3 Å². The first-order chi connectivity index (χ1) is 6.76. The number of hydrogen-bond acceptors (Lipinski definition) is 2. The molecule has 0 radical (unpaired) electrons. The molecule has 1 rings (SSSR count). The van der Waals surface area contributed by atoms with Gasteiger partial charge in [0.2, 0.25) is 0 Å². The normalized spacial score (nSPS) is 9.71. The fourth-order valence-electron chi connectivity index (χ4n) is 0.964. The second-order valence-electron chi connectivity index (χ2n) is 2.63. The Hall–Kier alpha value is -2.01. The Balaban J connectivity index is 2.83. The minimum Gasteiger partial charge on any atom is -0.466 e. The van der Waals surface area contributed by atoms with Crippen LogP contribution >= 0.6 is 0 Å². The number of carbonyl (C=O) groups is 1. The van der Waals surface area contributed by atoms with Crippen LogP contribution in [0.5, 0.6) is 0 Å². The third-order valence-electron chi connectivity index (χ3n) is 1.67. The third-order valence-corrected chi connectivity index (χ3v) is 1.67. The molecular formula is C12H10O2. The molecule has 0 saturated carbocycles. The van der Waals surface area contributed by atoms with E-state index in [1.54, 1.807) is 6.08 Å². The average Bonchev–Trinajstić information content (AvgIpc) is 2.26. The number of terminal acetylenes is 1. The molecule has 0 amide bonds. The molecule has 1 aromatic carbocycles. The minimum atomic E-state index is -0.379. The lowest BCUT2D eigenvalue weighted by molar-refractivity contribution is -0.134. The van der Waals surface area contributed by atoms with Gasteiger partial charge in [0.1, 0.15) is 0 Å². The molecule has 70 valence electrons. The molecule has 2 heteroatoms. The zero-order valence-corrected chi connectivity index (χ0v) is 7.86.